The topological polar surface area (TPSA) is 59.4 Å². The Morgan fingerprint density at radius 2 is 1.73 bits per heavy atom. The summed E-state index contributed by atoms with van der Waals surface area (Å²) in [6.45, 7) is 0. The van der Waals surface area contributed by atoms with Crippen LogP contribution in [0.3, 0.4) is 0 Å². The SMILES string of the molecule is COc1cc(Cl)nc(-c2c(F)c(F)cc(F)c2F)c1C(=O)O. The van der Waals surface area contributed by atoms with Crippen molar-refractivity contribution in [1.82, 2.24) is 4.98 Å². The molecule has 9 heteroatoms. The monoisotopic (exact) mass is 335 g/mol. The van der Waals surface area contributed by atoms with Crippen molar-refractivity contribution in [2.24, 2.45) is 0 Å². The maximum Gasteiger partial charge on any atom is 0.341 e. The van der Waals surface area contributed by atoms with E-state index in [9.17, 15) is 22.4 Å². The third-order valence-corrected chi connectivity index (χ3v) is 2.93. The molecule has 1 heterocycles. The summed E-state index contributed by atoms with van der Waals surface area (Å²) in [5.41, 5.74) is -2.95. The molecule has 116 valence electrons. The normalized spacial score (nSPS) is 10.6. The molecule has 2 rings (SSSR count). The first-order valence-electron chi connectivity index (χ1n) is 5.59. The number of carboxylic acids is 1. The zero-order valence-corrected chi connectivity index (χ0v) is 11.5. The zero-order chi connectivity index (χ0) is 16.6. The van der Waals surface area contributed by atoms with Gasteiger partial charge in [-0.3, -0.25) is 0 Å². The van der Waals surface area contributed by atoms with Gasteiger partial charge in [0.2, 0.25) is 0 Å². The molecule has 0 saturated carbocycles. The number of hydrogen-bond acceptors (Lipinski definition) is 3. The Bertz CT molecular complexity index is 756. The number of carboxylic acid groups (broad SMARTS) is 1. The third-order valence-electron chi connectivity index (χ3n) is 2.73. The number of halogens is 5. The van der Waals surface area contributed by atoms with Crippen LogP contribution in [0.4, 0.5) is 17.6 Å². The number of rotatable bonds is 3. The zero-order valence-electron chi connectivity index (χ0n) is 10.8. The number of hydrogen-bond donors (Lipinski definition) is 1. The molecule has 0 aliphatic heterocycles. The number of pyridine rings is 1. The van der Waals surface area contributed by atoms with Crippen LogP contribution in [0.5, 0.6) is 5.75 Å². The summed E-state index contributed by atoms with van der Waals surface area (Å²) in [6, 6.07) is 0.982. The van der Waals surface area contributed by atoms with Crippen LogP contribution in [0.25, 0.3) is 11.3 Å². The Morgan fingerprint density at radius 1 is 1.18 bits per heavy atom. The highest BCUT2D eigenvalue weighted by molar-refractivity contribution is 6.29. The van der Waals surface area contributed by atoms with Crippen LogP contribution in [0.15, 0.2) is 12.1 Å². The summed E-state index contributed by atoms with van der Waals surface area (Å²) in [5.74, 6) is -9.03. The van der Waals surface area contributed by atoms with Gasteiger partial charge in [-0.05, 0) is 0 Å². The standard InChI is InChI=1S/C13H6ClF4NO3/c1-22-6-3-7(14)19-12(8(6)13(20)21)9-10(17)4(15)2-5(16)11(9)18/h2-3H,1H3,(H,20,21). The Balaban J connectivity index is 2.95. The van der Waals surface area contributed by atoms with Gasteiger partial charge in [-0.25, -0.2) is 27.3 Å². The molecule has 4 nitrogen and oxygen atoms in total. The van der Waals surface area contributed by atoms with Crippen LogP contribution >= 0.6 is 11.6 Å². The van der Waals surface area contributed by atoms with Crippen LogP contribution < -0.4 is 4.74 Å². The molecule has 0 aliphatic carbocycles. The second kappa shape index (κ2) is 5.80. The Hall–Kier alpha value is -2.35. The van der Waals surface area contributed by atoms with Gasteiger partial charge in [0.1, 0.15) is 16.5 Å². The van der Waals surface area contributed by atoms with E-state index in [1.165, 1.54) is 0 Å². The van der Waals surface area contributed by atoms with E-state index in [4.69, 9.17) is 21.4 Å². The molecule has 0 spiro atoms. The lowest BCUT2D eigenvalue weighted by Gasteiger charge is -2.12. The van der Waals surface area contributed by atoms with Crippen LogP contribution in [-0.2, 0) is 0 Å². The van der Waals surface area contributed by atoms with E-state index < -0.39 is 46.1 Å². The number of benzene rings is 1. The molecule has 2 aromatic rings. The van der Waals surface area contributed by atoms with Crippen LogP contribution in [0.1, 0.15) is 10.4 Å². The summed E-state index contributed by atoms with van der Waals surface area (Å²) in [6.07, 6.45) is 0. The highest BCUT2D eigenvalue weighted by Crippen LogP contribution is 2.36. The van der Waals surface area contributed by atoms with E-state index in [0.717, 1.165) is 13.2 Å². The van der Waals surface area contributed by atoms with Crippen molar-refractivity contribution in [3.8, 4) is 17.0 Å². The smallest absolute Gasteiger partial charge is 0.341 e. The molecule has 1 aromatic heterocycles. The molecular weight excluding hydrogens is 330 g/mol. The summed E-state index contributed by atoms with van der Waals surface area (Å²) in [5, 5.41) is 8.78. The van der Waals surface area contributed by atoms with Gasteiger partial charge in [0, 0.05) is 12.1 Å². The van der Waals surface area contributed by atoms with Crippen LogP contribution in [-0.4, -0.2) is 23.2 Å². The van der Waals surface area contributed by atoms with Crippen LogP contribution in [0.2, 0.25) is 5.15 Å². The summed E-state index contributed by atoms with van der Waals surface area (Å²) >= 11 is 5.62. The average molecular weight is 336 g/mol. The van der Waals surface area contributed by atoms with E-state index in [0.29, 0.717) is 0 Å². The lowest BCUT2D eigenvalue weighted by atomic mass is 10.0. The van der Waals surface area contributed by atoms with Gasteiger partial charge in [-0.2, -0.15) is 0 Å². The van der Waals surface area contributed by atoms with E-state index >= 15 is 0 Å². The van der Waals surface area contributed by atoms with Crippen molar-refractivity contribution >= 4 is 17.6 Å². The van der Waals surface area contributed by atoms with Gasteiger partial charge < -0.3 is 9.84 Å². The molecule has 0 saturated heterocycles. The first kappa shape index (κ1) is 16.0. The minimum atomic E-state index is -1.79. The minimum Gasteiger partial charge on any atom is -0.496 e. The van der Waals surface area contributed by atoms with E-state index in [-0.39, 0.29) is 17.0 Å². The van der Waals surface area contributed by atoms with Crippen molar-refractivity contribution in [2.45, 2.75) is 0 Å². The lowest BCUT2D eigenvalue weighted by Crippen LogP contribution is -2.09. The van der Waals surface area contributed by atoms with Gasteiger partial charge >= 0.3 is 5.97 Å². The molecule has 0 aliphatic rings. The fourth-order valence-electron chi connectivity index (χ4n) is 1.82. The summed E-state index contributed by atoms with van der Waals surface area (Å²) in [4.78, 5) is 14.8. The number of nitrogens with zero attached hydrogens (tertiary/aromatic N) is 1. The van der Waals surface area contributed by atoms with E-state index in [2.05, 4.69) is 4.98 Å². The predicted octanol–water partition coefficient (Wildman–Crippen LogP) is 3.67. The molecule has 1 N–H and O–H groups in total. The highest BCUT2D eigenvalue weighted by Gasteiger charge is 2.28. The number of aromatic carboxylic acids is 1. The highest BCUT2D eigenvalue weighted by atomic mass is 35.5. The van der Waals surface area contributed by atoms with Crippen molar-refractivity contribution in [1.29, 1.82) is 0 Å². The molecule has 0 amide bonds. The summed E-state index contributed by atoms with van der Waals surface area (Å²) < 4.78 is 59.0. The quantitative estimate of drug-likeness (QED) is 0.528. The second-order valence-electron chi connectivity index (χ2n) is 4.02. The third kappa shape index (κ3) is 2.57. The average Bonchev–Trinajstić information content (AvgIpc) is 2.44. The van der Waals surface area contributed by atoms with Crippen molar-refractivity contribution in [2.75, 3.05) is 7.11 Å². The molecule has 0 unspecified atom stereocenters. The maximum atomic E-state index is 13.8. The minimum absolute atomic E-state index is 0.00358. The Labute approximate surface area is 125 Å². The van der Waals surface area contributed by atoms with E-state index in [1.54, 1.807) is 0 Å². The first-order valence-corrected chi connectivity index (χ1v) is 5.96. The maximum absolute atomic E-state index is 13.8. The molecule has 0 fully saturated rings. The second-order valence-corrected chi connectivity index (χ2v) is 4.41. The van der Waals surface area contributed by atoms with Crippen molar-refractivity contribution < 1.29 is 32.2 Å². The van der Waals surface area contributed by atoms with Gasteiger partial charge in [-0.15, -0.1) is 0 Å². The first-order chi connectivity index (χ1) is 10.3. The lowest BCUT2D eigenvalue weighted by molar-refractivity contribution is 0.0694. The molecule has 1 aromatic carbocycles. The largest absolute Gasteiger partial charge is 0.496 e. The van der Waals surface area contributed by atoms with Crippen molar-refractivity contribution in [3.63, 3.8) is 0 Å². The van der Waals surface area contributed by atoms with E-state index in [1.807, 2.05) is 0 Å². The van der Waals surface area contributed by atoms with Crippen molar-refractivity contribution in [3.05, 3.63) is 46.1 Å². The predicted molar refractivity (Wildman–Crippen MR) is 68.0 cm³/mol. The van der Waals surface area contributed by atoms with Gasteiger partial charge in [0.15, 0.2) is 23.3 Å². The molecule has 0 atom stereocenters. The molecular formula is C13H6ClF4NO3. The fourth-order valence-corrected chi connectivity index (χ4v) is 2.01. The summed E-state index contributed by atoms with van der Waals surface area (Å²) in [7, 11) is 1.08. The van der Waals surface area contributed by atoms with Crippen LogP contribution in [0, 0.1) is 23.3 Å². The molecule has 0 bridgehead atoms. The van der Waals surface area contributed by atoms with Gasteiger partial charge in [0.05, 0.1) is 18.4 Å². The number of aromatic nitrogens is 1. The van der Waals surface area contributed by atoms with Gasteiger partial charge in [-0.1, -0.05) is 11.6 Å². The van der Waals surface area contributed by atoms with Gasteiger partial charge in [0.25, 0.3) is 0 Å². The Kier molecular flexibility index (Phi) is 4.23. The molecule has 22 heavy (non-hydrogen) atoms. The number of carbonyl (C=O) groups is 1. The fraction of sp³-hybridized carbons (Fsp3) is 0.0769. The number of ether oxygens (including phenoxy) is 1. The molecule has 0 radical (unpaired) electrons. The Morgan fingerprint density at radius 3 is 2.18 bits per heavy atom. The number of methoxy groups -OCH3 is 1.